The summed E-state index contributed by atoms with van der Waals surface area (Å²) in [7, 11) is 0. The lowest BCUT2D eigenvalue weighted by Gasteiger charge is -2.40. The van der Waals surface area contributed by atoms with Crippen molar-refractivity contribution in [1.82, 2.24) is 14.9 Å². The first-order chi connectivity index (χ1) is 13.1. The highest BCUT2D eigenvalue weighted by molar-refractivity contribution is 5.94. The van der Waals surface area contributed by atoms with Gasteiger partial charge in [0.25, 0.3) is 5.91 Å². The fraction of sp³-hybridized carbons (Fsp3) is 0.500. The third kappa shape index (κ3) is 3.43. The largest absolute Gasteiger partial charge is 0.494 e. The van der Waals surface area contributed by atoms with Gasteiger partial charge in [0, 0.05) is 30.3 Å². The summed E-state index contributed by atoms with van der Waals surface area (Å²) < 4.78 is 5.62. The Hall–Kier alpha value is -2.43. The van der Waals surface area contributed by atoms with Gasteiger partial charge in [-0.05, 0) is 68.9 Å². The molecule has 0 bridgehead atoms. The highest BCUT2D eigenvalue weighted by Crippen LogP contribution is 2.44. The summed E-state index contributed by atoms with van der Waals surface area (Å²) in [5.41, 5.74) is 3.16. The summed E-state index contributed by atoms with van der Waals surface area (Å²) in [5, 5.41) is 0. The molecule has 5 nitrogen and oxygen atoms in total. The molecule has 1 aliphatic carbocycles. The van der Waals surface area contributed by atoms with E-state index in [1.165, 1.54) is 11.3 Å². The van der Waals surface area contributed by atoms with Gasteiger partial charge in [0.05, 0.1) is 12.3 Å². The molecule has 0 radical (unpaired) electrons. The minimum atomic E-state index is 0.00111. The normalized spacial score (nSPS) is 21.3. The number of rotatable bonds is 4. The fourth-order valence-corrected chi connectivity index (χ4v) is 4.43. The first-order valence-corrected chi connectivity index (χ1v) is 9.96. The molecule has 1 atom stereocenters. The Morgan fingerprint density at radius 3 is 2.85 bits per heavy atom. The number of ether oxygens (including phenoxy) is 1. The van der Waals surface area contributed by atoms with Crippen LogP contribution in [0.1, 0.15) is 60.0 Å². The monoisotopic (exact) mass is 365 g/mol. The summed E-state index contributed by atoms with van der Waals surface area (Å²) in [6.45, 7) is 6.29. The molecule has 1 aromatic carbocycles. The van der Waals surface area contributed by atoms with Crippen molar-refractivity contribution in [3.63, 3.8) is 0 Å². The van der Waals surface area contributed by atoms with Crippen LogP contribution in [-0.4, -0.2) is 40.5 Å². The summed E-state index contributed by atoms with van der Waals surface area (Å²) in [4.78, 5) is 24.2. The third-order valence-electron chi connectivity index (χ3n) is 5.80. The molecule has 2 aliphatic rings. The van der Waals surface area contributed by atoms with Crippen LogP contribution < -0.4 is 4.74 Å². The van der Waals surface area contributed by atoms with Crippen LogP contribution in [0.25, 0.3) is 0 Å². The number of likely N-dealkylation sites (tertiary alicyclic amines) is 1. The first-order valence-electron chi connectivity index (χ1n) is 9.96. The van der Waals surface area contributed by atoms with Gasteiger partial charge in [-0.25, -0.2) is 9.97 Å². The van der Waals surface area contributed by atoms with Crippen molar-refractivity contribution < 1.29 is 9.53 Å². The Morgan fingerprint density at radius 2 is 2.07 bits per heavy atom. The molecule has 1 aromatic heterocycles. The molecule has 1 spiro atoms. The van der Waals surface area contributed by atoms with Gasteiger partial charge in [0.2, 0.25) is 0 Å². The molecule has 0 saturated carbocycles. The van der Waals surface area contributed by atoms with E-state index < -0.39 is 0 Å². The lowest BCUT2D eigenvalue weighted by molar-refractivity contribution is 0.0633. The van der Waals surface area contributed by atoms with E-state index in [2.05, 4.69) is 11.9 Å². The van der Waals surface area contributed by atoms with Gasteiger partial charge in [-0.3, -0.25) is 4.79 Å². The minimum absolute atomic E-state index is 0.00111. The third-order valence-corrected chi connectivity index (χ3v) is 5.80. The van der Waals surface area contributed by atoms with Gasteiger partial charge >= 0.3 is 0 Å². The van der Waals surface area contributed by atoms with Gasteiger partial charge in [-0.1, -0.05) is 6.92 Å². The molecule has 1 saturated heterocycles. The van der Waals surface area contributed by atoms with Crippen LogP contribution in [0, 0.1) is 6.92 Å². The van der Waals surface area contributed by atoms with Crippen molar-refractivity contribution >= 4 is 5.91 Å². The topological polar surface area (TPSA) is 55.3 Å². The van der Waals surface area contributed by atoms with Gasteiger partial charge in [0.1, 0.15) is 11.6 Å². The van der Waals surface area contributed by atoms with Gasteiger partial charge in [-0.2, -0.15) is 0 Å². The van der Waals surface area contributed by atoms with Crippen LogP contribution in [0.4, 0.5) is 0 Å². The Balaban J connectivity index is 1.52. The second-order valence-electron chi connectivity index (χ2n) is 7.77. The SMILES string of the molecule is CCCOc1ccc(C(=O)N2CCCC3(CCc4cnc(C)nc43)C2)cc1. The Bertz CT molecular complexity index is 830. The zero-order valence-electron chi connectivity index (χ0n) is 16.2. The van der Waals surface area contributed by atoms with Crippen molar-refractivity contribution in [3.05, 3.63) is 53.1 Å². The molecule has 2 aromatic rings. The number of hydrogen-bond acceptors (Lipinski definition) is 4. The molecular formula is C22H27N3O2. The molecule has 1 unspecified atom stereocenters. The van der Waals surface area contributed by atoms with E-state index in [4.69, 9.17) is 9.72 Å². The van der Waals surface area contributed by atoms with Crippen molar-refractivity contribution in [1.29, 1.82) is 0 Å². The first kappa shape index (κ1) is 18.0. The van der Waals surface area contributed by atoms with E-state index in [0.29, 0.717) is 6.61 Å². The lowest BCUT2D eigenvalue weighted by atomic mass is 9.77. The maximum Gasteiger partial charge on any atom is 0.253 e. The molecule has 142 valence electrons. The maximum absolute atomic E-state index is 13.1. The number of piperidine rings is 1. The van der Waals surface area contributed by atoms with Gasteiger partial charge in [0.15, 0.2) is 0 Å². The van der Waals surface area contributed by atoms with E-state index in [1.54, 1.807) is 0 Å². The van der Waals surface area contributed by atoms with E-state index in [9.17, 15) is 4.79 Å². The molecular weight excluding hydrogens is 338 g/mol. The molecule has 5 heteroatoms. The van der Waals surface area contributed by atoms with E-state index in [1.807, 2.05) is 42.3 Å². The van der Waals surface area contributed by atoms with Crippen LogP contribution >= 0.6 is 0 Å². The summed E-state index contributed by atoms with van der Waals surface area (Å²) in [6, 6.07) is 7.54. The van der Waals surface area contributed by atoms with Crippen LogP contribution in [0.15, 0.2) is 30.5 Å². The molecule has 1 aliphatic heterocycles. The summed E-state index contributed by atoms with van der Waals surface area (Å²) in [6.07, 6.45) is 7.15. The van der Waals surface area contributed by atoms with Crippen molar-refractivity contribution in [2.24, 2.45) is 0 Å². The van der Waals surface area contributed by atoms with Crippen molar-refractivity contribution in [2.75, 3.05) is 19.7 Å². The van der Waals surface area contributed by atoms with Crippen LogP contribution in [-0.2, 0) is 11.8 Å². The van der Waals surface area contributed by atoms with E-state index in [-0.39, 0.29) is 11.3 Å². The zero-order chi connectivity index (χ0) is 18.9. The van der Waals surface area contributed by atoms with Gasteiger partial charge in [-0.15, -0.1) is 0 Å². The number of fused-ring (bicyclic) bond motifs is 2. The number of nitrogens with zero attached hydrogens (tertiary/aromatic N) is 3. The number of carbonyl (C=O) groups excluding carboxylic acids is 1. The smallest absolute Gasteiger partial charge is 0.253 e. The zero-order valence-corrected chi connectivity index (χ0v) is 16.2. The second-order valence-corrected chi connectivity index (χ2v) is 7.77. The fourth-order valence-electron chi connectivity index (χ4n) is 4.43. The Kier molecular flexibility index (Phi) is 4.85. The van der Waals surface area contributed by atoms with Crippen LogP contribution in [0.2, 0.25) is 0 Å². The van der Waals surface area contributed by atoms with E-state index in [0.717, 1.165) is 62.3 Å². The van der Waals surface area contributed by atoms with Crippen LogP contribution in [0.3, 0.4) is 0 Å². The number of aryl methyl sites for hydroxylation is 2. The number of benzene rings is 1. The highest BCUT2D eigenvalue weighted by atomic mass is 16.5. The summed E-state index contributed by atoms with van der Waals surface area (Å²) >= 11 is 0. The predicted molar refractivity (Wildman–Crippen MR) is 104 cm³/mol. The molecule has 27 heavy (non-hydrogen) atoms. The molecule has 1 fully saturated rings. The molecule has 0 N–H and O–H groups in total. The Morgan fingerprint density at radius 1 is 1.26 bits per heavy atom. The lowest BCUT2D eigenvalue weighted by Crippen LogP contribution is -2.48. The number of amides is 1. The quantitative estimate of drug-likeness (QED) is 0.829. The molecule has 4 rings (SSSR count). The standard InChI is InChI=1S/C22H27N3O2/c1-3-13-27-19-7-5-17(6-8-19)21(26)25-12-4-10-22(15-25)11-9-18-14-23-16(2)24-20(18)22/h5-8,14H,3-4,9-13,15H2,1-2H3. The van der Waals surface area contributed by atoms with E-state index >= 15 is 0 Å². The average molecular weight is 365 g/mol. The maximum atomic E-state index is 13.1. The number of aromatic nitrogens is 2. The van der Waals surface area contributed by atoms with Crippen molar-refractivity contribution in [2.45, 2.75) is 51.4 Å². The Labute approximate surface area is 160 Å². The number of carbonyl (C=O) groups is 1. The average Bonchev–Trinajstić information content (AvgIpc) is 3.03. The predicted octanol–water partition coefficient (Wildman–Crippen LogP) is 3.69. The highest BCUT2D eigenvalue weighted by Gasteiger charge is 2.44. The molecule has 1 amide bonds. The number of hydrogen-bond donors (Lipinski definition) is 0. The van der Waals surface area contributed by atoms with Gasteiger partial charge < -0.3 is 9.64 Å². The van der Waals surface area contributed by atoms with Crippen LogP contribution in [0.5, 0.6) is 5.75 Å². The second kappa shape index (κ2) is 7.29. The van der Waals surface area contributed by atoms with Crippen molar-refractivity contribution in [3.8, 4) is 5.75 Å². The summed E-state index contributed by atoms with van der Waals surface area (Å²) in [5.74, 6) is 1.75. The molecule has 2 heterocycles. The minimum Gasteiger partial charge on any atom is -0.494 e.